The Morgan fingerprint density at radius 2 is 1.62 bits per heavy atom. The number of hydrogen-bond donors (Lipinski definition) is 0. The third kappa shape index (κ3) is 2.35. The van der Waals surface area contributed by atoms with Crippen LogP contribution in [0.3, 0.4) is 0 Å². The predicted molar refractivity (Wildman–Crippen MR) is 81.2 cm³/mol. The van der Waals surface area contributed by atoms with Gasteiger partial charge in [-0.3, -0.25) is 8.61 Å². The van der Waals surface area contributed by atoms with Crippen LogP contribution in [0.2, 0.25) is 0 Å². The molecule has 4 nitrogen and oxygen atoms in total. The van der Waals surface area contributed by atoms with Crippen molar-refractivity contribution in [2.24, 2.45) is 0 Å². The summed E-state index contributed by atoms with van der Waals surface area (Å²) < 4.78 is 40.4. The number of benzene rings is 2. The minimum Gasteiger partial charge on any atom is -0.254 e. The molecule has 0 saturated carbocycles. The topological polar surface area (TPSA) is 40.6 Å². The SMILES string of the molecule is CN1c2ccccc2N(CCc2ccc(F)cc2)S1(=O)=O. The molecule has 2 aromatic carbocycles. The summed E-state index contributed by atoms with van der Waals surface area (Å²) in [5.74, 6) is -0.294. The summed E-state index contributed by atoms with van der Waals surface area (Å²) in [6.07, 6.45) is 0.529. The van der Waals surface area contributed by atoms with Gasteiger partial charge in [-0.2, -0.15) is 8.42 Å². The van der Waals surface area contributed by atoms with Crippen LogP contribution in [0.15, 0.2) is 48.5 Å². The van der Waals surface area contributed by atoms with E-state index in [1.165, 1.54) is 20.7 Å². The van der Waals surface area contributed by atoms with Crippen LogP contribution >= 0.6 is 0 Å². The second-order valence-electron chi connectivity index (χ2n) is 4.91. The molecule has 0 N–H and O–H groups in total. The molecule has 0 atom stereocenters. The fourth-order valence-corrected chi connectivity index (χ4v) is 3.88. The minimum atomic E-state index is -3.51. The summed E-state index contributed by atoms with van der Waals surface area (Å²) in [7, 11) is -1.96. The highest BCUT2D eigenvalue weighted by Crippen LogP contribution is 2.39. The monoisotopic (exact) mass is 306 g/mol. The molecular formula is C15H15FN2O2S. The van der Waals surface area contributed by atoms with E-state index >= 15 is 0 Å². The molecule has 0 fully saturated rings. The molecule has 0 saturated heterocycles. The second-order valence-corrected chi connectivity index (χ2v) is 6.80. The van der Waals surface area contributed by atoms with E-state index in [1.54, 1.807) is 31.3 Å². The summed E-state index contributed by atoms with van der Waals surface area (Å²) in [5.41, 5.74) is 2.26. The number of nitrogens with zero attached hydrogens (tertiary/aromatic N) is 2. The smallest absolute Gasteiger partial charge is 0.254 e. The molecule has 1 heterocycles. The molecule has 3 rings (SSSR count). The first-order valence-electron chi connectivity index (χ1n) is 6.60. The Balaban J connectivity index is 1.86. The first kappa shape index (κ1) is 13.9. The zero-order valence-corrected chi connectivity index (χ0v) is 12.3. The number of fused-ring (bicyclic) bond motifs is 1. The average Bonchev–Trinajstić information content (AvgIpc) is 2.67. The number of halogens is 1. The van der Waals surface area contributed by atoms with Crippen molar-refractivity contribution in [3.63, 3.8) is 0 Å². The summed E-state index contributed by atoms with van der Waals surface area (Å²) >= 11 is 0. The lowest BCUT2D eigenvalue weighted by atomic mass is 10.1. The highest BCUT2D eigenvalue weighted by atomic mass is 32.2. The number of anilines is 2. The van der Waals surface area contributed by atoms with Crippen LogP contribution in [0.25, 0.3) is 0 Å². The fourth-order valence-electron chi connectivity index (χ4n) is 2.46. The van der Waals surface area contributed by atoms with E-state index in [9.17, 15) is 12.8 Å². The van der Waals surface area contributed by atoms with Crippen LogP contribution in [-0.2, 0) is 16.6 Å². The van der Waals surface area contributed by atoms with Gasteiger partial charge in [-0.15, -0.1) is 0 Å². The van der Waals surface area contributed by atoms with Gasteiger partial charge in [-0.25, -0.2) is 4.39 Å². The standard InChI is InChI=1S/C15H15FN2O2S/c1-17-14-4-2-3-5-15(14)18(21(17,19)20)11-10-12-6-8-13(16)9-7-12/h2-9H,10-11H2,1H3. The van der Waals surface area contributed by atoms with Crippen LogP contribution in [0, 0.1) is 5.82 Å². The molecule has 2 aromatic rings. The Kier molecular flexibility index (Phi) is 3.33. The first-order valence-corrected chi connectivity index (χ1v) is 8.00. The maximum absolute atomic E-state index is 12.9. The highest BCUT2D eigenvalue weighted by Gasteiger charge is 2.37. The largest absolute Gasteiger partial charge is 0.326 e. The Labute approximate surface area is 123 Å². The molecular weight excluding hydrogens is 291 g/mol. The molecule has 110 valence electrons. The molecule has 0 aliphatic carbocycles. The molecule has 1 aliphatic heterocycles. The molecule has 0 radical (unpaired) electrons. The molecule has 0 amide bonds. The highest BCUT2D eigenvalue weighted by molar-refractivity contribution is 7.94. The van der Waals surface area contributed by atoms with Crippen molar-refractivity contribution < 1.29 is 12.8 Å². The third-order valence-electron chi connectivity index (χ3n) is 3.63. The van der Waals surface area contributed by atoms with Crippen molar-refractivity contribution in [1.29, 1.82) is 0 Å². The van der Waals surface area contributed by atoms with E-state index in [1.807, 2.05) is 12.1 Å². The summed E-state index contributed by atoms with van der Waals surface area (Å²) in [6.45, 7) is 0.329. The zero-order chi connectivity index (χ0) is 15.0. The lowest BCUT2D eigenvalue weighted by Gasteiger charge is -2.19. The quantitative estimate of drug-likeness (QED) is 0.874. The number of rotatable bonds is 3. The Hall–Kier alpha value is -2.08. The lowest BCUT2D eigenvalue weighted by molar-refractivity contribution is 0.592. The normalized spacial score (nSPS) is 16.1. The van der Waals surface area contributed by atoms with Gasteiger partial charge >= 0.3 is 10.2 Å². The summed E-state index contributed by atoms with van der Waals surface area (Å²) in [4.78, 5) is 0. The van der Waals surface area contributed by atoms with Crippen molar-refractivity contribution >= 4 is 21.6 Å². The van der Waals surface area contributed by atoms with Gasteiger partial charge in [0.15, 0.2) is 0 Å². The predicted octanol–water partition coefficient (Wildman–Crippen LogP) is 2.57. The molecule has 0 aromatic heterocycles. The van der Waals surface area contributed by atoms with Crippen molar-refractivity contribution in [2.45, 2.75) is 6.42 Å². The second kappa shape index (κ2) is 5.04. The van der Waals surface area contributed by atoms with Gasteiger partial charge < -0.3 is 0 Å². The van der Waals surface area contributed by atoms with E-state index in [4.69, 9.17) is 0 Å². The van der Waals surface area contributed by atoms with Gasteiger partial charge in [0.05, 0.1) is 11.4 Å². The molecule has 1 aliphatic rings. The van der Waals surface area contributed by atoms with Crippen LogP contribution in [-0.4, -0.2) is 22.0 Å². The van der Waals surface area contributed by atoms with Crippen molar-refractivity contribution in [3.8, 4) is 0 Å². The maximum Gasteiger partial charge on any atom is 0.326 e. The van der Waals surface area contributed by atoms with E-state index in [0.717, 1.165) is 5.56 Å². The number of para-hydroxylation sites is 2. The van der Waals surface area contributed by atoms with Gasteiger partial charge in [0, 0.05) is 13.6 Å². The first-order chi connectivity index (χ1) is 10.00. The Morgan fingerprint density at radius 3 is 2.29 bits per heavy atom. The van der Waals surface area contributed by atoms with Gasteiger partial charge in [-0.05, 0) is 36.2 Å². The van der Waals surface area contributed by atoms with Crippen LogP contribution < -0.4 is 8.61 Å². The maximum atomic E-state index is 12.9. The molecule has 6 heteroatoms. The Bertz CT molecular complexity index is 759. The van der Waals surface area contributed by atoms with Gasteiger partial charge in [0.2, 0.25) is 0 Å². The van der Waals surface area contributed by atoms with Gasteiger partial charge in [0.25, 0.3) is 0 Å². The lowest BCUT2D eigenvalue weighted by Crippen LogP contribution is -2.36. The van der Waals surface area contributed by atoms with E-state index in [0.29, 0.717) is 24.3 Å². The molecule has 0 unspecified atom stereocenters. The van der Waals surface area contributed by atoms with E-state index in [-0.39, 0.29) is 5.82 Å². The zero-order valence-electron chi connectivity index (χ0n) is 11.5. The molecule has 21 heavy (non-hydrogen) atoms. The van der Waals surface area contributed by atoms with E-state index in [2.05, 4.69) is 0 Å². The van der Waals surface area contributed by atoms with Crippen molar-refractivity contribution in [1.82, 2.24) is 0 Å². The van der Waals surface area contributed by atoms with E-state index < -0.39 is 10.2 Å². The Morgan fingerprint density at radius 1 is 1.00 bits per heavy atom. The fraction of sp³-hybridized carbons (Fsp3) is 0.200. The van der Waals surface area contributed by atoms with Crippen LogP contribution in [0.5, 0.6) is 0 Å². The van der Waals surface area contributed by atoms with Gasteiger partial charge in [-0.1, -0.05) is 24.3 Å². The van der Waals surface area contributed by atoms with Crippen LogP contribution in [0.4, 0.5) is 15.8 Å². The minimum absolute atomic E-state index is 0.294. The van der Waals surface area contributed by atoms with Crippen molar-refractivity contribution in [2.75, 3.05) is 22.2 Å². The van der Waals surface area contributed by atoms with Crippen LogP contribution in [0.1, 0.15) is 5.56 Å². The summed E-state index contributed by atoms with van der Waals surface area (Å²) in [5, 5.41) is 0. The average molecular weight is 306 g/mol. The summed E-state index contributed by atoms with van der Waals surface area (Å²) in [6, 6.07) is 13.3. The van der Waals surface area contributed by atoms with Crippen molar-refractivity contribution in [3.05, 3.63) is 59.9 Å². The molecule has 0 spiro atoms. The number of hydrogen-bond acceptors (Lipinski definition) is 2. The third-order valence-corrected chi connectivity index (χ3v) is 5.46. The van der Waals surface area contributed by atoms with Gasteiger partial charge in [0.1, 0.15) is 5.82 Å². The molecule has 0 bridgehead atoms.